The Morgan fingerprint density at radius 3 is 2.25 bits per heavy atom. The zero-order valence-electron chi connectivity index (χ0n) is 45.7. The molecule has 76 heavy (non-hydrogen) atoms. The molecule has 18 heteroatoms. The van der Waals surface area contributed by atoms with Crippen LogP contribution in [0.25, 0.3) is 10.2 Å². The number of para-hydroxylation sites is 1. The number of fused-ring (bicyclic) bond motifs is 1. The third kappa shape index (κ3) is 15.0. The molecule has 402 valence electrons. The molecule has 0 bridgehead atoms. The van der Waals surface area contributed by atoms with Crippen LogP contribution in [0.2, 0.25) is 30.7 Å². The molecule has 0 radical (unpaired) electrons. The molecule has 7 rings (SSSR count). The Labute approximate surface area is 458 Å². The maximum absolute atomic E-state index is 15.1. The van der Waals surface area contributed by atoms with Crippen molar-refractivity contribution in [2.24, 2.45) is 4.99 Å². The number of nitrogens with zero attached hydrogens (tertiary/aromatic N) is 7. The van der Waals surface area contributed by atoms with Crippen molar-refractivity contribution in [1.29, 1.82) is 0 Å². The fraction of sp³-hybridized carbons (Fsp3) is 0.397. The zero-order valence-corrected chi connectivity index (χ0v) is 49.3. The van der Waals surface area contributed by atoms with Gasteiger partial charge in [-0.25, -0.2) is 14.2 Å². The van der Waals surface area contributed by atoms with Gasteiger partial charge in [-0.05, 0) is 117 Å². The summed E-state index contributed by atoms with van der Waals surface area (Å²) in [4.78, 5) is 28.0. The van der Waals surface area contributed by atoms with Crippen LogP contribution >= 0.6 is 22.7 Å². The fourth-order valence-electron chi connectivity index (χ4n) is 8.92. The quantitative estimate of drug-likeness (QED) is 0.0321. The molecule has 4 aromatic carbocycles. The predicted molar refractivity (Wildman–Crippen MR) is 313 cm³/mol. The van der Waals surface area contributed by atoms with Gasteiger partial charge in [0, 0.05) is 38.2 Å². The van der Waals surface area contributed by atoms with Crippen molar-refractivity contribution in [3.05, 3.63) is 142 Å². The van der Waals surface area contributed by atoms with Gasteiger partial charge in [-0.2, -0.15) is 4.99 Å². The van der Waals surface area contributed by atoms with Crippen LogP contribution in [0.3, 0.4) is 0 Å². The number of carboxylic acids is 1. The van der Waals surface area contributed by atoms with E-state index in [1.54, 1.807) is 23.5 Å². The fourth-order valence-corrected chi connectivity index (χ4v) is 16.5. The maximum atomic E-state index is 15.1. The molecule has 0 fully saturated rings. The molecule has 0 spiro atoms. The molecular weight excluding hydrogens is 1030 g/mol. The summed E-state index contributed by atoms with van der Waals surface area (Å²) in [6.07, 6.45) is 1.91. The Morgan fingerprint density at radius 2 is 1.62 bits per heavy atom. The van der Waals surface area contributed by atoms with Crippen LogP contribution in [-0.2, 0) is 22.3 Å². The minimum Gasteiger partial charge on any atom is -0.491 e. The van der Waals surface area contributed by atoms with Gasteiger partial charge in [0.1, 0.15) is 6.73 Å². The van der Waals surface area contributed by atoms with Crippen LogP contribution in [0.5, 0.6) is 5.75 Å². The normalized spacial score (nSPS) is 12.8. The lowest BCUT2D eigenvalue weighted by Crippen LogP contribution is -2.68. The molecule has 3 heterocycles. The van der Waals surface area contributed by atoms with Crippen LogP contribution in [-0.4, -0.2) is 112 Å². The van der Waals surface area contributed by atoms with Crippen LogP contribution in [0.4, 0.5) is 21.2 Å². The summed E-state index contributed by atoms with van der Waals surface area (Å²) in [5, 5.41) is 26.2. The van der Waals surface area contributed by atoms with E-state index in [1.807, 2.05) is 68.2 Å². The van der Waals surface area contributed by atoms with Crippen molar-refractivity contribution in [3.63, 3.8) is 0 Å². The van der Waals surface area contributed by atoms with Gasteiger partial charge < -0.3 is 29.2 Å². The molecule has 7 aromatic rings. The Balaban J connectivity index is 1.19. The second-order valence-electron chi connectivity index (χ2n) is 21.4. The second-order valence-corrected chi connectivity index (χ2v) is 33.4. The predicted octanol–water partition coefficient (Wildman–Crippen LogP) is 10.6. The van der Waals surface area contributed by atoms with E-state index in [9.17, 15) is 9.90 Å². The highest BCUT2D eigenvalue weighted by atomic mass is 32.1. The van der Waals surface area contributed by atoms with Gasteiger partial charge in [0.2, 0.25) is 0 Å². The molecular formula is C58H73FN8O5S2Si2. The third-order valence-corrected chi connectivity index (χ3v) is 21.8. The smallest absolute Gasteiger partial charge is 0.355 e. The Kier molecular flexibility index (Phi) is 20.1. The van der Waals surface area contributed by atoms with Crippen molar-refractivity contribution < 1.29 is 28.2 Å². The van der Waals surface area contributed by atoms with E-state index < -0.39 is 28.2 Å². The molecule has 2 N–H and O–H groups in total. The summed E-state index contributed by atoms with van der Waals surface area (Å²) in [5.41, 5.74) is 2.34. The number of likely N-dealkylation sites (N-methyl/N-ethyl adjacent to an activating group) is 1. The number of anilines is 2. The number of thiazole rings is 2. The van der Waals surface area contributed by atoms with Gasteiger partial charge in [-0.1, -0.05) is 136 Å². The van der Waals surface area contributed by atoms with Crippen LogP contribution in [0.1, 0.15) is 66.5 Å². The molecule has 13 nitrogen and oxygen atoms in total. The summed E-state index contributed by atoms with van der Waals surface area (Å²) < 4.78 is 38.0. The average molecular weight is 1100 g/mol. The number of carbonyl (C=O) groups is 1. The first-order valence-electron chi connectivity index (χ1n) is 25.9. The number of rotatable bonds is 25. The molecule has 0 saturated carbocycles. The van der Waals surface area contributed by atoms with Gasteiger partial charge in [0.05, 0.1) is 29.5 Å². The molecule has 3 aromatic heterocycles. The molecule has 1 atom stereocenters. The summed E-state index contributed by atoms with van der Waals surface area (Å²) in [5.74, 6) is 5.44. The van der Waals surface area contributed by atoms with Crippen molar-refractivity contribution >= 4 is 82.4 Å². The first-order valence-corrected chi connectivity index (χ1v) is 33.2. The first-order chi connectivity index (χ1) is 36.4. The highest BCUT2D eigenvalue weighted by Crippen LogP contribution is 2.39. The minimum absolute atomic E-state index is 0.0439. The summed E-state index contributed by atoms with van der Waals surface area (Å²) in [6.45, 7) is 18.6. The van der Waals surface area contributed by atoms with Crippen molar-refractivity contribution in [2.75, 3.05) is 58.9 Å². The first kappa shape index (κ1) is 57.8. The number of aryl methyl sites for hydroxylation is 2. The largest absolute Gasteiger partial charge is 0.491 e. The maximum Gasteiger partial charge on any atom is 0.355 e. The summed E-state index contributed by atoms with van der Waals surface area (Å²) >= 11 is 2.87. The molecule has 0 saturated heterocycles. The number of hydrogen-bond acceptors (Lipinski definition) is 13. The number of hydrogen-bond donors (Lipinski definition) is 2. The second kappa shape index (κ2) is 26.4. The molecule has 0 amide bonds. The number of halogens is 1. The third-order valence-electron chi connectivity index (χ3n) is 12.8. The van der Waals surface area contributed by atoms with Crippen LogP contribution in [0.15, 0.2) is 114 Å². The lowest BCUT2D eigenvalue weighted by molar-refractivity contribution is 0.0690. The molecule has 0 aliphatic carbocycles. The van der Waals surface area contributed by atoms with Gasteiger partial charge in [-0.15, -0.1) is 21.5 Å². The Morgan fingerprint density at radius 1 is 0.921 bits per heavy atom. The van der Waals surface area contributed by atoms with Crippen LogP contribution < -0.4 is 30.1 Å². The summed E-state index contributed by atoms with van der Waals surface area (Å²) in [7, 11) is 1.60. The van der Waals surface area contributed by atoms with Crippen molar-refractivity contribution in [2.45, 2.75) is 96.9 Å². The van der Waals surface area contributed by atoms with E-state index >= 15 is 4.39 Å². The number of benzene rings is 4. The topological polar surface area (TPSA) is 139 Å². The Hall–Kier alpha value is -5.89. The van der Waals surface area contributed by atoms with E-state index in [-0.39, 0.29) is 29.2 Å². The Bertz CT molecular complexity index is 3120. The van der Waals surface area contributed by atoms with Gasteiger partial charge in [0.25, 0.3) is 8.32 Å². The lowest BCUT2D eigenvalue weighted by atomic mass is 10.2. The number of aromatic nitrogens is 4. The minimum atomic E-state index is -2.91. The SMILES string of the molecule is CNCC(CCCN(c1cc(C)c(N=c2sc3ccccc3n2COCC[Si](C)(C)C)nn1)c1nc(C(=O)O)c(CCCOc2ccc(C#CCN(C)C)cc2F)s1)O[Si](c1ccccc1)(c1ccccc1)C(C)(C)C. The number of ether oxygens (including phenoxy) is 2. The molecule has 0 aliphatic rings. The van der Waals surface area contributed by atoms with E-state index in [2.05, 4.69) is 123 Å². The molecule has 0 aliphatic heterocycles. The highest BCUT2D eigenvalue weighted by molar-refractivity contribution is 7.16. The number of nitrogens with one attached hydrogen (secondary N) is 1. The number of aromatic carboxylic acids is 1. The standard InChI is InChI=1S/C58H73FN8O5S2Si2/c1-42-38-52(63-64-54(42)62-57-67(41-70-36-37-75(8,9)10)48-28-17-18-29-50(48)73-57)66(34-20-23-44(40-60-5)72-76(58(2,3)4,45-24-13-11-14-25-45)46-26-15-12-16-27-46)56-61-53(55(68)69)51(74-56)30-21-35-71-49-32-31-43(39-47(49)59)22-19-33-65(6)7/h11-18,24-29,31-32,38-39,44,60H,20-21,23,30,33-37,40-41H2,1-10H3,(H,68,69). The average Bonchev–Trinajstić information content (AvgIpc) is 3.97. The van der Waals surface area contributed by atoms with E-state index in [0.29, 0.717) is 85.9 Å². The van der Waals surface area contributed by atoms with Gasteiger partial charge in [-0.3, -0.25) is 9.47 Å². The summed E-state index contributed by atoms with van der Waals surface area (Å²) in [6, 6.07) is 37.2. The monoisotopic (exact) mass is 1100 g/mol. The van der Waals surface area contributed by atoms with E-state index in [1.165, 1.54) is 27.8 Å². The van der Waals surface area contributed by atoms with Gasteiger partial charge in [0.15, 0.2) is 38.8 Å². The van der Waals surface area contributed by atoms with Gasteiger partial charge >= 0.3 is 5.97 Å². The number of carboxylic acid groups (broad SMARTS) is 1. The van der Waals surface area contributed by atoms with Crippen LogP contribution in [0, 0.1) is 24.6 Å². The van der Waals surface area contributed by atoms with Crippen molar-refractivity contribution in [1.82, 2.24) is 30.0 Å². The van der Waals surface area contributed by atoms with E-state index in [0.717, 1.165) is 26.6 Å². The highest BCUT2D eigenvalue weighted by Gasteiger charge is 2.51. The van der Waals surface area contributed by atoms with E-state index in [4.69, 9.17) is 34.1 Å². The molecule has 1 unspecified atom stereocenters. The van der Waals surface area contributed by atoms with Crippen molar-refractivity contribution in [3.8, 4) is 17.6 Å². The zero-order chi connectivity index (χ0) is 54.5. The lowest BCUT2D eigenvalue weighted by Gasteiger charge is -2.45.